The van der Waals surface area contributed by atoms with Crippen LogP contribution in [0, 0.1) is 0 Å². The third-order valence-corrected chi connectivity index (χ3v) is 14.9. The number of hydrogen-bond acceptors (Lipinski definition) is 2. The quantitative estimate of drug-likeness (QED) is 0.0581. The van der Waals surface area contributed by atoms with Crippen molar-refractivity contribution < 1.29 is 9.53 Å². The molecule has 0 unspecified atom stereocenters. The number of unbranched alkanes of at least 4 members (excludes halogenated alkanes) is 16. The largest absolute Gasteiger partial charge is 0.416 e. The predicted octanol–water partition coefficient (Wildman–Crippen LogP) is 12.8. The number of aliphatic hydroxyl groups excluding tert-OH is 1. The SMILES string of the molecule is CC(C)[Si](OCCCCCCCCCCCBr)(C(C)C)C(C)C.CCl.OCCCCCCCCCCCBr. The number of rotatable bonds is 25. The highest BCUT2D eigenvalue weighted by Crippen LogP contribution is 2.42. The molecule has 0 radical (unpaired) electrons. The molecular weight excluding hydrogens is 640 g/mol. The minimum atomic E-state index is -1.63. The van der Waals surface area contributed by atoms with Gasteiger partial charge in [0.2, 0.25) is 0 Å². The van der Waals surface area contributed by atoms with Crippen LogP contribution < -0.4 is 0 Å². The van der Waals surface area contributed by atoms with Crippen molar-refractivity contribution in [3.63, 3.8) is 0 Å². The molecule has 0 amide bonds. The molecular formula is C32H69Br2ClO2Si. The molecule has 0 aliphatic rings. The van der Waals surface area contributed by atoms with Gasteiger partial charge >= 0.3 is 0 Å². The molecule has 38 heavy (non-hydrogen) atoms. The van der Waals surface area contributed by atoms with E-state index in [-0.39, 0.29) is 0 Å². The van der Waals surface area contributed by atoms with Gasteiger partial charge in [0.1, 0.15) is 0 Å². The summed E-state index contributed by atoms with van der Waals surface area (Å²) in [5, 5.41) is 10.9. The van der Waals surface area contributed by atoms with Gasteiger partial charge in [0.05, 0.1) is 0 Å². The van der Waals surface area contributed by atoms with Crippen LogP contribution in [-0.2, 0) is 4.43 Å². The average molecular weight is 709 g/mol. The molecule has 0 saturated carbocycles. The highest BCUT2D eigenvalue weighted by Gasteiger charge is 2.44. The Labute approximate surface area is 264 Å². The van der Waals surface area contributed by atoms with E-state index in [0.717, 1.165) is 18.4 Å². The van der Waals surface area contributed by atoms with E-state index in [4.69, 9.17) is 9.53 Å². The first-order valence-electron chi connectivity index (χ1n) is 16.1. The summed E-state index contributed by atoms with van der Waals surface area (Å²) >= 11 is 11.6. The summed E-state index contributed by atoms with van der Waals surface area (Å²) in [7, 11) is -1.63. The fourth-order valence-corrected chi connectivity index (χ4v) is 11.9. The molecule has 0 aromatic heterocycles. The Morgan fingerprint density at radius 3 is 1.03 bits per heavy atom. The second-order valence-corrected chi connectivity index (χ2v) is 18.7. The van der Waals surface area contributed by atoms with Gasteiger partial charge in [0, 0.05) is 30.3 Å². The Morgan fingerprint density at radius 1 is 0.500 bits per heavy atom. The third kappa shape index (κ3) is 26.3. The number of halogens is 3. The molecule has 0 aromatic rings. The van der Waals surface area contributed by atoms with Gasteiger partial charge in [-0.2, -0.15) is 0 Å². The van der Waals surface area contributed by atoms with Gasteiger partial charge < -0.3 is 9.53 Å². The minimum absolute atomic E-state index is 0.366. The molecule has 1 N–H and O–H groups in total. The van der Waals surface area contributed by atoms with Crippen LogP contribution in [0.3, 0.4) is 0 Å². The van der Waals surface area contributed by atoms with E-state index in [1.807, 2.05) is 0 Å². The van der Waals surface area contributed by atoms with Crippen LogP contribution >= 0.6 is 43.5 Å². The first-order chi connectivity index (χ1) is 18.3. The van der Waals surface area contributed by atoms with Crippen molar-refractivity contribution in [2.75, 3.05) is 30.3 Å². The monoisotopic (exact) mass is 706 g/mol. The fourth-order valence-electron chi connectivity index (χ4n) is 5.63. The van der Waals surface area contributed by atoms with Crippen molar-refractivity contribution in [3.8, 4) is 0 Å². The Kier molecular flexibility index (Phi) is 39.9. The molecule has 0 bridgehead atoms. The lowest BCUT2D eigenvalue weighted by molar-refractivity contribution is 0.267. The molecule has 6 heteroatoms. The molecule has 0 spiro atoms. The molecule has 0 aliphatic carbocycles. The summed E-state index contributed by atoms with van der Waals surface area (Å²) in [6.07, 6.45) is 25.6. The highest BCUT2D eigenvalue weighted by atomic mass is 79.9. The van der Waals surface area contributed by atoms with Crippen LogP contribution in [0.25, 0.3) is 0 Å². The van der Waals surface area contributed by atoms with Gasteiger partial charge in [-0.15, -0.1) is 11.6 Å². The van der Waals surface area contributed by atoms with Crippen molar-refractivity contribution in [3.05, 3.63) is 0 Å². The lowest BCUT2D eigenvalue weighted by atomic mass is 10.1. The second kappa shape index (κ2) is 34.6. The molecule has 0 aromatic carbocycles. The zero-order chi connectivity index (χ0) is 29.5. The van der Waals surface area contributed by atoms with E-state index < -0.39 is 8.32 Å². The van der Waals surface area contributed by atoms with E-state index in [2.05, 4.69) is 85.0 Å². The van der Waals surface area contributed by atoms with Gasteiger partial charge in [0.25, 0.3) is 0 Å². The lowest BCUT2D eigenvalue weighted by Crippen LogP contribution is -2.47. The van der Waals surface area contributed by atoms with Crippen LogP contribution in [0.2, 0.25) is 16.6 Å². The van der Waals surface area contributed by atoms with Gasteiger partial charge in [-0.05, 0) is 42.3 Å². The Bertz CT molecular complexity index is 394. The van der Waals surface area contributed by atoms with Crippen molar-refractivity contribution in [1.82, 2.24) is 0 Å². The van der Waals surface area contributed by atoms with E-state index in [9.17, 15) is 0 Å². The number of aliphatic hydroxyl groups is 1. The zero-order valence-electron chi connectivity index (χ0n) is 26.8. The first-order valence-corrected chi connectivity index (χ1v) is 21.2. The fraction of sp³-hybridized carbons (Fsp3) is 1.00. The van der Waals surface area contributed by atoms with Crippen LogP contribution in [0.5, 0.6) is 0 Å². The highest BCUT2D eigenvalue weighted by molar-refractivity contribution is 9.09. The molecule has 0 saturated heterocycles. The third-order valence-electron chi connectivity index (χ3n) is 7.63. The smallest absolute Gasteiger partial charge is 0.200 e. The van der Waals surface area contributed by atoms with E-state index in [1.165, 1.54) is 121 Å². The van der Waals surface area contributed by atoms with Crippen molar-refractivity contribution >= 4 is 51.8 Å². The van der Waals surface area contributed by atoms with Crippen LogP contribution in [-0.4, -0.2) is 43.7 Å². The summed E-state index contributed by atoms with van der Waals surface area (Å²) in [5.74, 6) is 0. The summed E-state index contributed by atoms with van der Waals surface area (Å²) in [6, 6.07) is 0. The topological polar surface area (TPSA) is 29.5 Å². The summed E-state index contributed by atoms with van der Waals surface area (Å²) in [4.78, 5) is 0. The standard InChI is InChI=1S/C20H43BrOSi.C11H23BrO.CH3Cl/c1-18(2)23(19(3)4,20(5)6)22-17-15-13-11-9-7-8-10-12-14-16-21;12-10-8-6-4-2-1-3-5-7-9-11-13;1-2/h18-20H,7-17H2,1-6H3;13H,1-11H2;1H3. The molecule has 0 aliphatic heterocycles. The van der Waals surface area contributed by atoms with E-state index >= 15 is 0 Å². The Balaban J connectivity index is -0.000000691. The second-order valence-electron chi connectivity index (χ2n) is 11.6. The maximum Gasteiger partial charge on any atom is 0.200 e. The van der Waals surface area contributed by atoms with Crippen LogP contribution in [0.4, 0.5) is 0 Å². The summed E-state index contributed by atoms with van der Waals surface area (Å²) in [6.45, 7) is 15.6. The molecule has 2 nitrogen and oxygen atoms in total. The Morgan fingerprint density at radius 2 is 0.763 bits per heavy atom. The van der Waals surface area contributed by atoms with Gasteiger partial charge in [-0.25, -0.2) is 0 Å². The van der Waals surface area contributed by atoms with Crippen molar-refractivity contribution in [2.45, 2.75) is 174 Å². The molecule has 0 heterocycles. The molecule has 0 atom stereocenters. The average Bonchev–Trinajstić information content (AvgIpc) is 2.89. The normalized spacial score (nSPS) is 11.5. The van der Waals surface area contributed by atoms with Crippen LogP contribution in [0.1, 0.15) is 157 Å². The predicted molar refractivity (Wildman–Crippen MR) is 187 cm³/mol. The number of hydrogen-bond donors (Lipinski definition) is 1. The zero-order valence-corrected chi connectivity index (χ0v) is 31.7. The molecule has 234 valence electrons. The summed E-state index contributed by atoms with van der Waals surface area (Å²) < 4.78 is 6.62. The molecule has 0 rings (SSSR count). The lowest BCUT2D eigenvalue weighted by Gasteiger charge is -2.42. The van der Waals surface area contributed by atoms with Gasteiger partial charge in [0.15, 0.2) is 8.32 Å². The maximum atomic E-state index is 8.56. The first kappa shape index (κ1) is 43.8. The van der Waals surface area contributed by atoms with E-state index in [1.54, 1.807) is 0 Å². The van der Waals surface area contributed by atoms with Crippen molar-refractivity contribution in [1.29, 1.82) is 0 Å². The van der Waals surface area contributed by atoms with Crippen LogP contribution in [0.15, 0.2) is 0 Å². The Hall–Kier alpha value is 1.39. The van der Waals surface area contributed by atoms with Gasteiger partial charge in [-0.3, -0.25) is 0 Å². The molecule has 0 fully saturated rings. The maximum absolute atomic E-state index is 8.56. The number of alkyl halides is 3. The van der Waals surface area contributed by atoms with Gasteiger partial charge in [-0.1, -0.05) is 163 Å². The summed E-state index contributed by atoms with van der Waals surface area (Å²) in [5.41, 5.74) is 2.13. The van der Waals surface area contributed by atoms with E-state index in [0.29, 0.717) is 23.2 Å². The minimum Gasteiger partial charge on any atom is -0.416 e. The van der Waals surface area contributed by atoms with Crippen molar-refractivity contribution in [2.24, 2.45) is 0 Å².